The van der Waals surface area contributed by atoms with Crippen LogP contribution in [-0.4, -0.2) is 12.5 Å². The lowest BCUT2D eigenvalue weighted by molar-refractivity contribution is 0.102. The number of thiophene rings is 2. The number of benzene rings is 1. The van der Waals surface area contributed by atoms with Gasteiger partial charge in [0.15, 0.2) is 0 Å². The molecule has 3 aromatic rings. The summed E-state index contributed by atoms with van der Waals surface area (Å²) in [7, 11) is 0. The molecule has 0 saturated carbocycles. The highest BCUT2D eigenvalue weighted by Gasteiger charge is 2.18. The van der Waals surface area contributed by atoms with Crippen LogP contribution in [0.15, 0.2) is 47.8 Å². The van der Waals surface area contributed by atoms with Crippen molar-refractivity contribution < 1.29 is 9.53 Å². The van der Waals surface area contributed by atoms with Gasteiger partial charge >= 0.3 is 0 Å². The van der Waals surface area contributed by atoms with E-state index in [0.717, 1.165) is 39.6 Å². The number of anilines is 1. The Labute approximate surface area is 142 Å². The van der Waals surface area contributed by atoms with Crippen LogP contribution in [0.25, 0.3) is 10.4 Å². The van der Waals surface area contributed by atoms with Crippen LogP contribution >= 0.6 is 22.7 Å². The molecule has 1 amide bonds. The van der Waals surface area contributed by atoms with Crippen LogP contribution in [0.4, 0.5) is 5.69 Å². The predicted molar refractivity (Wildman–Crippen MR) is 95.4 cm³/mol. The Hall–Kier alpha value is -1.95. The molecule has 0 saturated heterocycles. The van der Waals surface area contributed by atoms with Gasteiger partial charge in [0.05, 0.1) is 18.1 Å². The standard InChI is InChI=1S/C18H15NO2S2/c20-18(17-10-12-11-21-8-7-15(12)23-17)19-14-5-2-1-4-13(14)16-6-3-9-22-16/h1-6,9-10H,7-8,11H2,(H,19,20). The van der Waals surface area contributed by atoms with Crippen molar-refractivity contribution in [2.45, 2.75) is 13.0 Å². The molecule has 2 aromatic heterocycles. The maximum Gasteiger partial charge on any atom is 0.265 e. The summed E-state index contributed by atoms with van der Waals surface area (Å²) in [6, 6.07) is 14.0. The zero-order valence-corrected chi connectivity index (χ0v) is 14.0. The molecule has 0 aliphatic carbocycles. The van der Waals surface area contributed by atoms with Crippen molar-refractivity contribution in [3.8, 4) is 10.4 Å². The van der Waals surface area contributed by atoms with Gasteiger partial charge in [0.1, 0.15) is 0 Å². The number of nitrogens with one attached hydrogen (secondary N) is 1. The van der Waals surface area contributed by atoms with Crippen molar-refractivity contribution in [1.82, 2.24) is 0 Å². The Bertz CT molecular complexity index is 813. The normalized spacial score (nSPS) is 13.6. The topological polar surface area (TPSA) is 38.3 Å². The van der Waals surface area contributed by atoms with Gasteiger partial charge in [0, 0.05) is 27.4 Å². The number of carbonyl (C=O) groups excluding carboxylic acids is 1. The lowest BCUT2D eigenvalue weighted by Gasteiger charge is -2.10. The lowest BCUT2D eigenvalue weighted by atomic mass is 10.1. The Kier molecular flexibility index (Phi) is 3.99. The van der Waals surface area contributed by atoms with Gasteiger partial charge < -0.3 is 10.1 Å². The number of amides is 1. The largest absolute Gasteiger partial charge is 0.376 e. The molecule has 0 fully saturated rings. The van der Waals surface area contributed by atoms with E-state index in [9.17, 15) is 4.79 Å². The third kappa shape index (κ3) is 2.95. The van der Waals surface area contributed by atoms with Crippen LogP contribution in [0.3, 0.4) is 0 Å². The summed E-state index contributed by atoms with van der Waals surface area (Å²) in [5.41, 5.74) is 3.06. The number of carbonyl (C=O) groups is 1. The van der Waals surface area contributed by atoms with E-state index in [1.54, 1.807) is 22.7 Å². The van der Waals surface area contributed by atoms with E-state index in [0.29, 0.717) is 6.61 Å². The number of hydrogen-bond acceptors (Lipinski definition) is 4. The molecular formula is C18H15NO2S2. The van der Waals surface area contributed by atoms with E-state index in [1.807, 2.05) is 41.8 Å². The molecule has 1 N–H and O–H groups in total. The predicted octanol–water partition coefficient (Wildman–Crippen LogP) is 4.80. The number of ether oxygens (including phenoxy) is 1. The first-order chi connectivity index (χ1) is 11.3. The highest BCUT2D eigenvalue weighted by atomic mass is 32.1. The van der Waals surface area contributed by atoms with E-state index < -0.39 is 0 Å². The van der Waals surface area contributed by atoms with Crippen molar-refractivity contribution in [2.75, 3.05) is 11.9 Å². The number of rotatable bonds is 3. The molecule has 3 nitrogen and oxygen atoms in total. The average Bonchev–Trinajstić information content (AvgIpc) is 3.25. The van der Waals surface area contributed by atoms with Crippen molar-refractivity contribution in [3.05, 3.63) is 63.2 Å². The SMILES string of the molecule is O=C(Nc1ccccc1-c1cccs1)c1cc2c(s1)CCOC2. The number of hydrogen-bond donors (Lipinski definition) is 1. The summed E-state index contributed by atoms with van der Waals surface area (Å²) in [4.78, 5) is 15.8. The first-order valence-electron chi connectivity index (χ1n) is 7.45. The molecule has 1 aromatic carbocycles. The Morgan fingerprint density at radius 2 is 2.09 bits per heavy atom. The van der Waals surface area contributed by atoms with Crippen molar-refractivity contribution in [3.63, 3.8) is 0 Å². The van der Waals surface area contributed by atoms with Crippen LogP contribution < -0.4 is 5.32 Å². The minimum atomic E-state index is -0.0478. The Balaban J connectivity index is 1.61. The highest BCUT2D eigenvalue weighted by molar-refractivity contribution is 7.14. The van der Waals surface area contributed by atoms with Gasteiger partial charge in [-0.25, -0.2) is 0 Å². The second-order valence-electron chi connectivity index (χ2n) is 5.34. The summed E-state index contributed by atoms with van der Waals surface area (Å²) < 4.78 is 5.45. The third-order valence-electron chi connectivity index (χ3n) is 3.81. The fourth-order valence-electron chi connectivity index (χ4n) is 2.68. The van der Waals surface area contributed by atoms with Crippen LogP contribution in [0.2, 0.25) is 0 Å². The van der Waals surface area contributed by atoms with Crippen molar-refractivity contribution in [2.24, 2.45) is 0 Å². The highest BCUT2D eigenvalue weighted by Crippen LogP contribution is 2.32. The fourth-order valence-corrected chi connectivity index (χ4v) is 4.49. The van der Waals surface area contributed by atoms with Gasteiger partial charge in [0.2, 0.25) is 0 Å². The van der Waals surface area contributed by atoms with Crippen LogP contribution in [0.1, 0.15) is 20.1 Å². The lowest BCUT2D eigenvalue weighted by Crippen LogP contribution is -2.10. The Morgan fingerprint density at radius 1 is 1.17 bits per heavy atom. The van der Waals surface area contributed by atoms with Gasteiger partial charge in [-0.05, 0) is 29.1 Å². The molecule has 1 aliphatic rings. The molecule has 3 heterocycles. The van der Waals surface area contributed by atoms with Gasteiger partial charge in [0.25, 0.3) is 5.91 Å². The molecule has 116 valence electrons. The maximum absolute atomic E-state index is 12.6. The molecular weight excluding hydrogens is 326 g/mol. The third-order valence-corrected chi connectivity index (χ3v) is 5.95. The molecule has 0 spiro atoms. The van der Waals surface area contributed by atoms with E-state index in [-0.39, 0.29) is 5.91 Å². The van der Waals surface area contributed by atoms with E-state index >= 15 is 0 Å². The molecule has 5 heteroatoms. The van der Waals surface area contributed by atoms with Crippen LogP contribution in [0.5, 0.6) is 0 Å². The first-order valence-corrected chi connectivity index (χ1v) is 9.14. The summed E-state index contributed by atoms with van der Waals surface area (Å²) in [6.07, 6.45) is 0.902. The van der Waals surface area contributed by atoms with E-state index in [4.69, 9.17) is 4.74 Å². The van der Waals surface area contributed by atoms with Crippen LogP contribution in [0, 0.1) is 0 Å². The smallest absolute Gasteiger partial charge is 0.265 e. The van der Waals surface area contributed by atoms with Crippen molar-refractivity contribution in [1.29, 1.82) is 0 Å². The van der Waals surface area contributed by atoms with Crippen molar-refractivity contribution >= 4 is 34.3 Å². The van der Waals surface area contributed by atoms with Gasteiger partial charge in [-0.2, -0.15) is 0 Å². The zero-order chi connectivity index (χ0) is 15.6. The summed E-state index contributed by atoms with van der Waals surface area (Å²) >= 11 is 3.25. The summed E-state index contributed by atoms with van der Waals surface area (Å²) in [5.74, 6) is -0.0478. The fraction of sp³-hybridized carbons (Fsp3) is 0.167. The zero-order valence-electron chi connectivity index (χ0n) is 12.4. The summed E-state index contributed by atoms with van der Waals surface area (Å²) in [5, 5.41) is 5.10. The number of fused-ring (bicyclic) bond motifs is 1. The van der Waals surface area contributed by atoms with E-state index in [2.05, 4.69) is 11.4 Å². The van der Waals surface area contributed by atoms with Gasteiger partial charge in [-0.15, -0.1) is 22.7 Å². The maximum atomic E-state index is 12.6. The Morgan fingerprint density at radius 3 is 2.91 bits per heavy atom. The van der Waals surface area contributed by atoms with Gasteiger partial charge in [-0.1, -0.05) is 24.3 Å². The first kappa shape index (κ1) is 14.6. The minimum absolute atomic E-state index is 0.0478. The molecule has 0 bridgehead atoms. The molecule has 0 radical (unpaired) electrons. The molecule has 0 unspecified atom stereocenters. The molecule has 4 rings (SSSR count). The minimum Gasteiger partial charge on any atom is -0.376 e. The second kappa shape index (κ2) is 6.28. The van der Waals surface area contributed by atoms with Gasteiger partial charge in [-0.3, -0.25) is 4.79 Å². The molecule has 1 aliphatic heterocycles. The second-order valence-corrected chi connectivity index (χ2v) is 7.42. The quantitative estimate of drug-likeness (QED) is 0.743. The summed E-state index contributed by atoms with van der Waals surface area (Å²) in [6.45, 7) is 1.36. The monoisotopic (exact) mass is 341 g/mol. The average molecular weight is 341 g/mol. The molecule has 0 atom stereocenters. The van der Waals surface area contributed by atoms with Crippen LogP contribution in [-0.2, 0) is 17.8 Å². The number of para-hydroxylation sites is 1. The van der Waals surface area contributed by atoms with E-state index in [1.165, 1.54) is 4.88 Å². The molecule has 23 heavy (non-hydrogen) atoms.